The maximum absolute atomic E-state index is 12.6. The van der Waals surface area contributed by atoms with Crippen LogP contribution in [0.2, 0.25) is 0 Å². The number of aryl methyl sites for hydroxylation is 1. The summed E-state index contributed by atoms with van der Waals surface area (Å²) < 4.78 is 31.0. The molecule has 2 heterocycles. The third-order valence-electron chi connectivity index (χ3n) is 5.83. The van der Waals surface area contributed by atoms with E-state index in [-0.39, 0.29) is 23.2 Å². The Hall–Kier alpha value is -2.54. The second-order valence-corrected chi connectivity index (χ2v) is 10.0. The van der Waals surface area contributed by atoms with Gasteiger partial charge in [0.1, 0.15) is 11.9 Å². The minimum atomic E-state index is -3.30. The summed E-state index contributed by atoms with van der Waals surface area (Å²) in [6.07, 6.45) is 0.272. The van der Waals surface area contributed by atoms with Crippen molar-refractivity contribution >= 4 is 15.9 Å². The van der Waals surface area contributed by atoms with E-state index in [1.807, 2.05) is 49.4 Å². The molecule has 0 aliphatic carbocycles. The Labute approximate surface area is 171 Å². The number of sulfone groups is 1. The summed E-state index contributed by atoms with van der Waals surface area (Å²) in [5, 5.41) is 9.91. The van der Waals surface area contributed by atoms with Crippen molar-refractivity contribution in [3.63, 3.8) is 0 Å². The molecule has 2 aromatic rings. The lowest BCUT2D eigenvalue weighted by Gasteiger charge is -2.34. The van der Waals surface area contributed by atoms with Crippen molar-refractivity contribution in [1.29, 1.82) is 0 Å². The molecule has 3 atom stereocenters. The molecule has 6 nitrogen and oxygen atoms in total. The van der Waals surface area contributed by atoms with Crippen molar-refractivity contribution in [2.45, 2.75) is 38.5 Å². The van der Waals surface area contributed by atoms with Crippen molar-refractivity contribution in [2.24, 2.45) is 5.92 Å². The van der Waals surface area contributed by atoms with Gasteiger partial charge in [-0.3, -0.25) is 4.90 Å². The van der Waals surface area contributed by atoms with Gasteiger partial charge in [-0.15, -0.1) is 0 Å². The smallest absolute Gasteiger partial charge is 0.410 e. The lowest BCUT2D eigenvalue weighted by Crippen LogP contribution is -2.51. The molecule has 154 valence electrons. The fourth-order valence-corrected chi connectivity index (χ4v) is 6.39. The second kappa shape index (κ2) is 7.71. The Morgan fingerprint density at radius 1 is 1.10 bits per heavy atom. The maximum Gasteiger partial charge on any atom is 0.410 e. The zero-order valence-corrected chi connectivity index (χ0v) is 17.1. The summed E-state index contributed by atoms with van der Waals surface area (Å²) in [5.41, 5.74) is 2.71. The molecule has 2 aliphatic heterocycles. The van der Waals surface area contributed by atoms with Gasteiger partial charge in [0.05, 0.1) is 17.5 Å². The Bertz CT molecular complexity index is 1010. The van der Waals surface area contributed by atoms with E-state index in [9.17, 15) is 18.3 Å². The van der Waals surface area contributed by atoms with E-state index in [2.05, 4.69) is 0 Å². The molecule has 0 spiro atoms. The molecule has 4 rings (SSSR count). The molecule has 2 fully saturated rings. The highest BCUT2D eigenvalue weighted by Crippen LogP contribution is 2.35. The van der Waals surface area contributed by atoms with Crippen molar-refractivity contribution in [2.75, 3.05) is 11.5 Å². The van der Waals surface area contributed by atoms with Crippen molar-refractivity contribution in [3.8, 4) is 5.75 Å². The molecular weight excluding hydrogens is 390 g/mol. The number of benzene rings is 2. The standard InChI is InChI=1S/C22H25NO5S/c1-2-17-10-16(8-9-20(17)24)11-18-13-29(26,27)14-19-21(18)28-22(25)23(19)12-15-6-4-3-5-7-15/h3-10,18-19,21,24H,2,11-14H2,1H3/t18-,19+,21+/m1/s1. The lowest BCUT2D eigenvalue weighted by atomic mass is 9.90. The number of hydrogen-bond acceptors (Lipinski definition) is 5. The summed E-state index contributed by atoms with van der Waals surface area (Å²) >= 11 is 0. The van der Waals surface area contributed by atoms with Crippen LogP contribution in [0, 0.1) is 5.92 Å². The van der Waals surface area contributed by atoms with Crippen LogP contribution in [0.25, 0.3) is 0 Å². The number of fused-ring (bicyclic) bond motifs is 1. The molecule has 2 aliphatic rings. The van der Waals surface area contributed by atoms with E-state index in [1.54, 1.807) is 11.0 Å². The lowest BCUT2D eigenvalue weighted by molar-refractivity contribution is 0.0970. The van der Waals surface area contributed by atoms with Gasteiger partial charge in [0.15, 0.2) is 9.84 Å². The SMILES string of the molecule is CCc1cc(C[C@@H]2CS(=O)(=O)C[C@H]3[C@H]2OC(=O)N3Cc2ccccc2)ccc1O. The number of carbonyl (C=O) groups excluding carboxylic acids is 1. The molecule has 1 N–H and O–H groups in total. The number of rotatable bonds is 5. The first-order chi connectivity index (χ1) is 13.9. The van der Waals surface area contributed by atoms with Crippen LogP contribution in [0.4, 0.5) is 4.79 Å². The minimum absolute atomic E-state index is 0.00293. The molecule has 1 amide bonds. The highest BCUT2D eigenvalue weighted by atomic mass is 32.2. The van der Waals surface area contributed by atoms with Crippen LogP contribution in [-0.4, -0.2) is 48.2 Å². The fraction of sp³-hybridized carbons (Fsp3) is 0.409. The van der Waals surface area contributed by atoms with Crippen LogP contribution >= 0.6 is 0 Å². The normalized spacial score (nSPS) is 25.5. The monoisotopic (exact) mass is 415 g/mol. The van der Waals surface area contributed by atoms with Crippen molar-refractivity contribution < 1.29 is 23.1 Å². The number of phenols is 1. The molecule has 0 bridgehead atoms. The van der Waals surface area contributed by atoms with Gasteiger partial charge in [-0.2, -0.15) is 0 Å². The fourth-order valence-electron chi connectivity index (χ4n) is 4.41. The summed E-state index contributed by atoms with van der Waals surface area (Å²) in [4.78, 5) is 14.1. The number of hydrogen-bond donors (Lipinski definition) is 1. The number of phenolic OH excluding ortho intramolecular Hbond substituents is 1. The topological polar surface area (TPSA) is 83.9 Å². The average molecular weight is 416 g/mol. The van der Waals surface area contributed by atoms with Gasteiger partial charge in [0, 0.05) is 12.5 Å². The molecule has 2 aromatic carbocycles. The Kier molecular flexibility index (Phi) is 5.25. The molecule has 0 saturated carbocycles. The third-order valence-corrected chi connectivity index (χ3v) is 7.61. The first-order valence-corrected chi connectivity index (χ1v) is 11.7. The number of aromatic hydroxyl groups is 1. The Balaban J connectivity index is 1.59. The quantitative estimate of drug-likeness (QED) is 0.812. The predicted octanol–water partition coefficient (Wildman–Crippen LogP) is 2.93. The Morgan fingerprint density at radius 2 is 1.86 bits per heavy atom. The zero-order chi connectivity index (χ0) is 20.6. The van der Waals surface area contributed by atoms with E-state index in [1.165, 1.54) is 0 Å². The van der Waals surface area contributed by atoms with Gasteiger partial charge in [0.25, 0.3) is 0 Å². The molecule has 0 aromatic heterocycles. The van der Waals surface area contributed by atoms with Gasteiger partial charge in [-0.25, -0.2) is 13.2 Å². The van der Waals surface area contributed by atoms with E-state index in [4.69, 9.17) is 4.74 Å². The summed E-state index contributed by atoms with van der Waals surface area (Å²) in [5.74, 6) is -0.129. The molecule has 2 saturated heterocycles. The summed E-state index contributed by atoms with van der Waals surface area (Å²) in [7, 11) is -3.30. The van der Waals surface area contributed by atoms with Crippen molar-refractivity contribution in [3.05, 3.63) is 65.2 Å². The van der Waals surface area contributed by atoms with Crippen LogP contribution in [0.15, 0.2) is 48.5 Å². The zero-order valence-electron chi connectivity index (χ0n) is 16.3. The molecule has 7 heteroatoms. The van der Waals surface area contributed by atoms with E-state index in [0.29, 0.717) is 19.4 Å². The molecule has 0 radical (unpaired) electrons. The molecular formula is C22H25NO5S. The van der Waals surface area contributed by atoms with Gasteiger partial charge in [-0.1, -0.05) is 49.4 Å². The first-order valence-electron chi connectivity index (χ1n) is 9.88. The van der Waals surface area contributed by atoms with Crippen LogP contribution in [0.5, 0.6) is 5.75 Å². The number of ether oxygens (including phenoxy) is 1. The van der Waals surface area contributed by atoms with Crippen LogP contribution < -0.4 is 0 Å². The predicted molar refractivity (Wildman–Crippen MR) is 109 cm³/mol. The van der Waals surface area contributed by atoms with Gasteiger partial charge in [-0.05, 0) is 35.6 Å². The average Bonchev–Trinajstić information content (AvgIpc) is 2.99. The van der Waals surface area contributed by atoms with Crippen LogP contribution in [-0.2, 0) is 34.0 Å². The maximum atomic E-state index is 12.6. The summed E-state index contributed by atoms with van der Waals surface area (Å²) in [6.45, 7) is 2.29. The van der Waals surface area contributed by atoms with Gasteiger partial charge in [0.2, 0.25) is 0 Å². The van der Waals surface area contributed by atoms with E-state index >= 15 is 0 Å². The number of carbonyl (C=O) groups is 1. The van der Waals surface area contributed by atoms with E-state index < -0.39 is 28.1 Å². The largest absolute Gasteiger partial charge is 0.508 e. The highest BCUT2D eigenvalue weighted by molar-refractivity contribution is 7.91. The highest BCUT2D eigenvalue weighted by Gasteiger charge is 2.51. The number of amides is 1. The van der Waals surface area contributed by atoms with Gasteiger partial charge >= 0.3 is 6.09 Å². The van der Waals surface area contributed by atoms with E-state index in [0.717, 1.165) is 16.7 Å². The Morgan fingerprint density at radius 3 is 2.59 bits per heavy atom. The summed E-state index contributed by atoms with van der Waals surface area (Å²) in [6, 6.07) is 14.4. The third kappa shape index (κ3) is 4.10. The minimum Gasteiger partial charge on any atom is -0.508 e. The van der Waals surface area contributed by atoms with Gasteiger partial charge < -0.3 is 9.84 Å². The first kappa shape index (κ1) is 19.8. The van der Waals surface area contributed by atoms with Crippen LogP contribution in [0.3, 0.4) is 0 Å². The molecule has 0 unspecified atom stereocenters. The number of nitrogens with zero attached hydrogens (tertiary/aromatic N) is 1. The second-order valence-electron chi connectivity index (χ2n) is 7.89. The van der Waals surface area contributed by atoms with Crippen LogP contribution in [0.1, 0.15) is 23.6 Å². The van der Waals surface area contributed by atoms with Crippen molar-refractivity contribution in [1.82, 2.24) is 4.90 Å². The molecule has 29 heavy (non-hydrogen) atoms.